The Morgan fingerprint density at radius 1 is 0.943 bits per heavy atom. The molecule has 9 nitrogen and oxygen atoms in total. The highest BCUT2D eigenvalue weighted by Crippen LogP contribution is 2.60. The number of carbonyl (C=O) groups excluding carboxylic acids is 1. The molecule has 3 rings (SSSR count). The summed E-state index contributed by atoms with van der Waals surface area (Å²) in [6, 6.07) is 12.6. The second kappa shape index (κ2) is 12.1. The Morgan fingerprint density at radius 2 is 1.54 bits per heavy atom. The van der Waals surface area contributed by atoms with Gasteiger partial charge in [0.15, 0.2) is 5.16 Å². The molecule has 0 bridgehead atoms. The van der Waals surface area contributed by atoms with E-state index in [0.29, 0.717) is 15.5 Å². The Hall–Kier alpha value is -2.33. The predicted octanol–water partition coefficient (Wildman–Crippen LogP) is 6.29. The molecule has 0 aliphatic carbocycles. The molecule has 0 aliphatic heterocycles. The van der Waals surface area contributed by atoms with E-state index in [-0.39, 0.29) is 27.5 Å². The zero-order valence-corrected chi connectivity index (χ0v) is 22.3. The number of rotatable bonds is 10. The number of hydrogen-bond acceptors (Lipinski definition) is 10. The zero-order valence-electron chi connectivity index (χ0n) is 19.1. The molecular weight excluding hydrogens is 538 g/mol. The average molecular weight is 559 g/mol. The van der Waals surface area contributed by atoms with Gasteiger partial charge >= 0.3 is 13.6 Å². The molecule has 0 N–H and O–H groups in total. The molecule has 0 spiro atoms. The molecule has 3 aromatic rings. The van der Waals surface area contributed by atoms with Gasteiger partial charge in [0.2, 0.25) is 17.6 Å². The molecule has 1 atom stereocenters. The van der Waals surface area contributed by atoms with E-state index in [1.54, 1.807) is 36.4 Å². The predicted molar refractivity (Wildman–Crippen MR) is 132 cm³/mol. The van der Waals surface area contributed by atoms with Crippen molar-refractivity contribution in [3.05, 3.63) is 69.7 Å². The lowest BCUT2D eigenvalue weighted by Crippen LogP contribution is -2.15. The molecule has 0 saturated heterocycles. The third-order valence-electron chi connectivity index (χ3n) is 4.63. The summed E-state index contributed by atoms with van der Waals surface area (Å²) in [6.07, 6.45) is 0. The minimum Gasteiger partial charge on any atom is -0.481 e. The summed E-state index contributed by atoms with van der Waals surface area (Å²) in [5.74, 6) is -1.70. The lowest BCUT2D eigenvalue weighted by atomic mass is 10.2. The van der Waals surface area contributed by atoms with Gasteiger partial charge in [0, 0.05) is 29.7 Å². The summed E-state index contributed by atoms with van der Waals surface area (Å²) < 4.78 is 39.5. The summed E-state index contributed by atoms with van der Waals surface area (Å²) in [4.78, 5) is 22.3. The van der Waals surface area contributed by atoms with Crippen molar-refractivity contribution in [2.45, 2.75) is 15.9 Å². The van der Waals surface area contributed by atoms with E-state index in [1.807, 2.05) is 0 Å². The van der Waals surface area contributed by atoms with Gasteiger partial charge in [-0.25, -0.2) is 4.79 Å². The zero-order chi connectivity index (χ0) is 25.6. The van der Waals surface area contributed by atoms with Crippen molar-refractivity contribution in [1.82, 2.24) is 9.97 Å². The standard InChI is InChI=1S/C22H21Cl2N2O7PS/c1-29-17-12-18(30-2)26-22(25-17)35-16-7-5-6-15(24)19(16)20(27)33-21(34(28,31-3)32-4)13-8-10-14(23)11-9-13/h5-12,21H,1-4H3. The fourth-order valence-corrected chi connectivity index (χ4v) is 5.53. The Labute approximate surface area is 216 Å². The molecule has 35 heavy (non-hydrogen) atoms. The van der Waals surface area contributed by atoms with Gasteiger partial charge < -0.3 is 23.3 Å². The molecule has 2 aromatic carbocycles. The van der Waals surface area contributed by atoms with Crippen molar-refractivity contribution in [2.24, 2.45) is 0 Å². The normalized spacial score (nSPS) is 12.2. The van der Waals surface area contributed by atoms with E-state index in [1.165, 1.54) is 40.6 Å². The maximum atomic E-state index is 13.4. The molecule has 0 aliphatic rings. The number of carbonyl (C=O) groups is 1. The first-order valence-electron chi connectivity index (χ1n) is 9.85. The quantitative estimate of drug-likeness (QED) is 0.160. The van der Waals surface area contributed by atoms with Crippen molar-refractivity contribution in [3.8, 4) is 11.8 Å². The van der Waals surface area contributed by atoms with Gasteiger partial charge in [0.05, 0.1) is 30.9 Å². The van der Waals surface area contributed by atoms with Crippen molar-refractivity contribution in [1.29, 1.82) is 0 Å². The molecule has 0 saturated carbocycles. The number of aromatic nitrogens is 2. The molecule has 1 heterocycles. The van der Waals surface area contributed by atoms with Crippen LogP contribution < -0.4 is 9.47 Å². The van der Waals surface area contributed by atoms with Gasteiger partial charge in [0.1, 0.15) is 0 Å². The third-order valence-corrected chi connectivity index (χ3v) is 8.12. The van der Waals surface area contributed by atoms with E-state index in [4.69, 9.17) is 46.5 Å². The highest BCUT2D eigenvalue weighted by molar-refractivity contribution is 7.99. The number of methoxy groups -OCH3 is 2. The van der Waals surface area contributed by atoms with Crippen LogP contribution in [0.5, 0.6) is 11.8 Å². The fourth-order valence-electron chi connectivity index (χ4n) is 2.89. The molecule has 0 fully saturated rings. The summed E-state index contributed by atoms with van der Waals surface area (Å²) in [7, 11) is 1.40. The largest absolute Gasteiger partial charge is 0.481 e. The number of benzene rings is 2. The Balaban J connectivity index is 2.01. The highest BCUT2D eigenvalue weighted by atomic mass is 35.5. The van der Waals surface area contributed by atoms with Gasteiger partial charge in [-0.05, 0) is 36.0 Å². The van der Waals surface area contributed by atoms with Gasteiger partial charge in [-0.2, -0.15) is 9.97 Å². The van der Waals surface area contributed by atoms with Crippen molar-refractivity contribution in [3.63, 3.8) is 0 Å². The first kappa shape index (κ1) is 27.3. The SMILES string of the molecule is COc1cc(OC)nc(Sc2cccc(Cl)c2C(=O)OC(c2ccc(Cl)cc2)P(=O)(OC)OC)n1. The van der Waals surface area contributed by atoms with E-state index < -0.39 is 19.4 Å². The van der Waals surface area contributed by atoms with Crippen LogP contribution in [0, 0.1) is 0 Å². The summed E-state index contributed by atoms with van der Waals surface area (Å²) in [5, 5.41) is 0.794. The van der Waals surface area contributed by atoms with Crippen LogP contribution in [0.2, 0.25) is 10.0 Å². The molecule has 1 unspecified atom stereocenters. The minimum absolute atomic E-state index is 0.0160. The smallest absolute Gasteiger partial charge is 0.375 e. The summed E-state index contributed by atoms with van der Waals surface area (Å²) in [6.45, 7) is 0. The molecule has 0 radical (unpaired) electrons. The lowest BCUT2D eigenvalue weighted by Gasteiger charge is -2.25. The van der Waals surface area contributed by atoms with Gasteiger partial charge in [-0.15, -0.1) is 0 Å². The maximum Gasteiger partial charge on any atom is 0.375 e. The number of halogens is 2. The van der Waals surface area contributed by atoms with Gasteiger partial charge in [-0.1, -0.05) is 41.4 Å². The van der Waals surface area contributed by atoms with Crippen LogP contribution in [-0.4, -0.2) is 44.4 Å². The molecule has 13 heteroatoms. The van der Waals surface area contributed by atoms with Crippen LogP contribution in [-0.2, 0) is 18.3 Å². The Bertz CT molecular complexity index is 1220. The van der Waals surface area contributed by atoms with Crippen molar-refractivity contribution >= 4 is 48.5 Å². The van der Waals surface area contributed by atoms with Crippen molar-refractivity contribution in [2.75, 3.05) is 28.4 Å². The van der Waals surface area contributed by atoms with E-state index in [0.717, 1.165) is 11.8 Å². The molecule has 1 aromatic heterocycles. The average Bonchev–Trinajstić information content (AvgIpc) is 2.87. The molecule has 186 valence electrons. The first-order valence-corrected chi connectivity index (χ1v) is 13.0. The number of esters is 1. The van der Waals surface area contributed by atoms with Crippen LogP contribution in [0.3, 0.4) is 0 Å². The number of nitrogens with zero attached hydrogens (tertiary/aromatic N) is 2. The number of ether oxygens (including phenoxy) is 3. The monoisotopic (exact) mass is 558 g/mol. The van der Waals surface area contributed by atoms with Crippen LogP contribution in [0.25, 0.3) is 0 Å². The third kappa shape index (κ3) is 6.46. The molecular formula is C22H21Cl2N2O7PS. The topological polar surface area (TPSA) is 106 Å². The van der Waals surface area contributed by atoms with E-state index in [9.17, 15) is 9.36 Å². The highest BCUT2D eigenvalue weighted by Gasteiger charge is 2.40. The summed E-state index contributed by atoms with van der Waals surface area (Å²) in [5.41, 5.74) is 0.374. The second-order valence-corrected chi connectivity index (χ2v) is 10.8. The van der Waals surface area contributed by atoms with Gasteiger partial charge in [0.25, 0.3) is 0 Å². The lowest BCUT2D eigenvalue weighted by molar-refractivity contribution is 0.0378. The first-order chi connectivity index (χ1) is 16.7. The maximum absolute atomic E-state index is 13.4. The Morgan fingerprint density at radius 3 is 2.09 bits per heavy atom. The number of hydrogen-bond donors (Lipinski definition) is 0. The Kier molecular flexibility index (Phi) is 9.40. The van der Waals surface area contributed by atoms with Crippen LogP contribution in [0.15, 0.2) is 58.6 Å². The fraction of sp³-hybridized carbons (Fsp3) is 0.227. The van der Waals surface area contributed by atoms with E-state index in [2.05, 4.69) is 9.97 Å². The van der Waals surface area contributed by atoms with Crippen LogP contribution >= 0.6 is 42.6 Å². The van der Waals surface area contributed by atoms with Crippen LogP contribution in [0.4, 0.5) is 0 Å². The van der Waals surface area contributed by atoms with Crippen LogP contribution in [0.1, 0.15) is 21.8 Å². The minimum atomic E-state index is -3.91. The van der Waals surface area contributed by atoms with E-state index >= 15 is 0 Å². The van der Waals surface area contributed by atoms with Gasteiger partial charge in [-0.3, -0.25) is 4.57 Å². The van der Waals surface area contributed by atoms with Crippen molar-refractivity contribution < 1.29 is 32.6 Å². The summed E-state index contributed by atoms with van der Waals surface area (Å²) >= 11 is 13.4. The second-order valence-electron chi connectivity index (χ2n) is 6.66. The molecule has 0 amide bonds.